The average molecular weight is 316 g/mol. The first kappa shape index (κ1) is 15.9. The Morgan fingerprint density at radius 1 is 1.13 bits per heavy atom. The highest BCUT2D eigenvalue weighted by Gasteiger charge is 2.31. The Morgan fingerprint density at radius 2 is 1.91 bits per heavy atom. The molecule has 0 bridgehead atoms. The van der Waals surface area contributed by atoms with Crippen LogP contribution < -0.4 is 5.73 Å². The topological polar surface area (TPSA) is 79.5 Å². The van der Waals surface area contributed by atoms with E-state index in [0.29, 0.717) is 11.3 Å². The van der Waals surface area contributed by atoms with Crippen LogP contribution in [0, 0.1) is 0 Å². The number of likely N-dealkylation sites (tertiary alicyclic amines) is 2. The summed E-state index contributed by atoms with van der Waals surface area (Å²) < 4.78 is 0. The molecule has 1 aromatic heterocycles. The molecule has 0 aliphatic carbocycles. The highest BCUT2D eigenvalue weighted by molar-refractivity contribution is 5.95. The number of aromatic nitrogens is 1. The van der Waals surface area contributed by atoms with Crippen molar-refractivity contribution in [2.45, 2.75) is 38.1 Å². The molecular weight excluding hydrogens is 292 g/mol. The van der Waals surface area contributed by atoms with Gasteiger partial charge in [-0.05, 0) is 50.9 Å². The van der Waals surface area contributed by atoms with Crippen LogP contribution in [0.4, 0.5) is 0 Å². The van der Waals surface area contributed by atoms with Gasteiger partial charge in [-0.15, -0.1) is 0 Å². The highest BCUT2D eigenvalue weighted by atomic mass is 16.2. The Kier molecular flexibility index (Phi) is 4.91. The number of hydrogen-bond acceptors (Lipinski definition) is 4. The van der Waals surface area contributed by atoms with Crippen molar-refractivity contribution in [1.82, 2.24) is 14.8 Å². The van der Waals surface area contributed by atoms with E-state index in [2.05, 4.69) is 9.88 Å². The van der Waals surface area contributed by atoms with Crippen molar-refractivity contribution in [1.29, 1.82) is 0 Å². The molecule has 1 unspecified atom stereocenters. The Hall–Kier alpha value is -1.95. The number of nitrogens with two attached hydrogens (primary N) is 1. The van der Waals surface area contributed by atoms with Crippen LogP contribution in [-0.4, -0.2) is 58.8 Å². The lowest BCUT2D eigenvalue weighted by Gasteiger charge is -2.32. The van der Waals surface area contributed by atoms with E-state index >= 15 is 0 Å². The second-order valence-electron chi connectivity index (χ2n) is 6.45. The molecule has 6 heteroatoms. The quantitative estimate of drug-likeness (QED) is 0.907. The summed E-state index contributed by atoms with van der Waals surface area (Å²) in [6, 6.07) is 3.44. The van der Waals surface area contributed by atoms with Gasteiger partial charge < -0.3 is 15.5 Å². The minimum absolute atomic E-state index is 0.0412. The van der Waals surface area contributed by atoms with Gasteiger partial charge in [-0.25, -0.2) is 0 Å². The molecule has 1 aromatic rings. The number of carbonyl (C=O) groups excluding carboxylic acids is 2. The van der Waals surface area contributed by atoms with E-state index < -0.39 is 5.91 Å². The maximum atomic E-state index is 12.7. The van der Waals surface area contributed by atoms with E-state index in [-0.39, 0.29) is 11.9 Å². The van der Waals surface area contributed by atoms with Crippen LogP contribution >= 0.6 is 0 Å². The molecule has 0 saturated carbocycles. The van der Waals surface area contributed by atoms with Gasteiger partial charge in [0.05, 0.1) is 5.56 Å². The largest absolute Gasteiger partial charge is 0.366 e. The predicted octanol–water partition coefficient (Wildman–Crippen LogP) is 1.27. The van der Waals surface area contributed by atoms with Crippen LogP contribution in [0.1, 0.15) is 53.0 Å². The molecule has 2 aliphatic rings. The molecule has 2 saturated heterocycles. The molecule has 3 heterocycles. The van der Waals surface area contributed by atoms with Gasteiger partial charge in [0.1, 0.15) is 5.69 Å². The molecule has 0 radical (unpaired) electrons. The van der Waals surface area contributed by atoms with E-state index in [1.54, 1.807) is 12.1 Å². The SMILES string of the molecule is NC(=O)c1ccc(C(=O)N2CCCC2CN2CCCCC2)nc1. The Morgan fingerprint density at radius 3 is 2.57 bits per heavy atom. The van der Waals surface area contributed by atoms with Crippen molar-refractivity contribution in [2.24, 2.45) is 5.73 Å². The van der Waals surface area contributed by atoms with Gasteiger partial charge in [0.25, 0.3) is 5.91 Å². The molecule has 2 aliphatic heterocycles. The van der Waals surface area contributed by atoms with Crippen LogP contribution in [0.15, 0.2) is 18.3 Å². The van der Waals surface area contributed by atoms with Gasteiger partial charge in [-0.2, -0.15) is 0 Å². The van der Waals surface area contributed by atoms with Crippen LogP contribution in [0.3, 0.4) is 0 Å². The van der Waals surface area contributed by atoms with Gasteiger partial charge in [0, 0.05) is 25.3 Å². The lowest BCUT2D eigenvalue weighted by atomic mass is 10.1. The van der Waals surface area contributed by atoms with Crippen LogP contribution in [-0.2, 0) is 0 Å². The number of primary amides is 1. The normalized spacial score (nSPS) is 22.3. The zero-order valence-electron chi connectivity index (χ0n) is 13.4. The summed E-state index contributed by atoms with van der Waals surface area (Å²) in [5.41, 5.74) is 5.92. The smallest absolute Gasteiger partial charge is 0.272 e. The minimum atomic E-state index is -0.527. The van der Waals surface area contributed by atoms with Gasteiger partial charge in [0.15, 0.2) is 0 Å². The number of nitrogens with zero attached hydrogens (tertiary/aromatic N) is 3. The van der Waals surface area contributed by atoms with Crippen molar-refractivity contribution < 1.29 is 9.59 Å². The lowest BCUT2D eigenvalue weighted by Crippen LogP contribution is -2.44. The first-order chi connectivity index (χ1) is 11.1. The summed E-state index contributed by atoms with van der Waals surface area (Å²) in [5, 5.41) is 0. The minimum Gasteiger partial charge on any atom is -0.366 e. The van der Waals surface area contributed by atoms with Crippen LogP contribution in [0.2, 0.25) is 0 Å². The third kappa shape index (κ3) is 3.69. The summed E-state index contributed by atoms with van der Waals surface area (Å²) in [7, 11) is 0. The molecule has 124 valence electrons. The fourth-order valence-electron chi connectivity index (χ4n) is 3.55. The monoisotopic (exact) mass is 316 g/mol. The zero-order chi connectivity index (χ0) is 16.2. The molecule has 3 rings (SSSR count). The predicted molar refractivity (Wildman–Crippen MR) is 87.1 cm³/mol. The van der Waals surface area contributed by atoms with Crippen molar-refractivity contribution in [3.8, 4) is 0 Å². The molecule has 0 spiro atoms. The van der Waals surface area contributed by atoms with Gasteiger partial charge >= 0.3 is 0 Å². The fraction of sp³-hybridized carbons (Fsp3) is 0.588. The van der Waals surface area contributed by atoms with Crippen molar-refractivity contribution in [3.63, 3.8) is 0 Å². The van der Waals surface area contributed by atoms with Crippen molar-refractivity contribution in [2.75, 3.05) is 26.2 Å². The number of rotatable bonds is 4. The second-order valence-corrected chi connectivity index (χ2v) is 6.45. The molecule has 2 fully saturated rings. The molecule has 2 amide bonds. The zero-order valence-corrected chi connectivity index (χ0v) is 13.4. The third-order valence-electron chi connectivity index (χ3n) is 4.82. The van der Waals surface area contributed by atoms with Crippen molar-refractivity contribution >= 4 is 11.8 Å². The molecule has 0 aromatic carbocycles. The van der Waals surface area contributed by atoms with Crippen LogP contribution in [0.25, 0.3) is 0 Å². The van der Waals surface area contributed by atoms with E-state index in [0.717, 1.165) is 39.0 Å². The third-order valence-corrected chi connectivity index (χ3v) is 4.82. The van der Waals surface area contributed by atoms with Gasteiger partial charge in [-0.1, -0.05) is 6.42 Å². The number of hydrogen-bond donors (Lipinski definition) is 1. The van der Waals surface area contributed by atoms with E-state index in [4.69, 9.17) is 5.73 Å². The summed E-state index contributed by atoms with van der Waals surface area (Å²) in [4.78, 5) is 32.3. The van der Waals surface area contributed by atoms with E-state index in [1.807, 2.05) is 4.90 Å². The lowest BCUT2D eigenvalue weighted by molar-refractivity contribution is 0.0684. The molecule has 6 nitrogen and oxygen atoms in total. The fourth-order valence-corrected chi connectivity index (χ4v) is 3.55. The maximum Gasteiger partial charge on any atom is 0.272 e. The standard InChI is InChI=1S/C17H24N4O2/c18-16(22)13-6-7-15(19-11-13)17(23)21-10-4-5-14(21)12-20-8-2-1-3-9-20/h6-7,11,14H,1-5,8-10,12H2,(H2,18,22). The number of pyridine rings is 1. The van der Waals surface area contributed by atoms with Crippen molar-refractivity contribution in [3.05, 3.63) is 29.6 Å². The molecular formula is C17H24N4O2. The number of piperidine rings is 1. The summed E-state index contributed by atoms with van der Waals surface area (Å²) in [6.07, 6.45) is 7.32. The molecule has 2 N–H and O–H groups in total. The number of carbonyl (C=O) groups is 2. The van der Waals surface area contributed by atoms with Crippen LogP contribution in [0.5, 0.6) is 0 Å². The summed E-state index contributed by atoms with van der Waals surface area (Å²) >= 11 is 0. The Bertz CT molecular complexity index is 566. The molecule has 23 heavy (non-hydrogen) atoms. The highest BCUT2D eigenvalue weighted by Crippen LogP contribution is 2.22. The Balaban J connectivity index is 1.66. The average Bonchev–Trinajstić information content (AvgIpc) is 3.03. The first-order valence-corrected chi connectivity index (χ1v) is 8.44. The maximum absolute atomic E-state index is 12.7. The van der Waals surface area contributed by atoms with E-state index in [9.17, 15) is 9.59 Å². The second kappa shape index (κ2) is 7.08. The molecule has 1 atom stereocenters. The number of amides is 2. The Labute approximate surface area is 136 Å². The summed E-state index contributed by atoms with van der Waals surface area (Å²) in [5.74, 6) is -0.568. The van der Waals surface area contributed by atoms with E-state index in [1.165, 1.54) is 25.5 Å². The van der Waals surface area contributed by atoms with Gasteiger partial charge in [-0.3, -0.25) is 14.6 Å². The van der Waals surface area contributed by atoms with Gasteiger partial charge in [0.2, 0.25) is 5.91 Å². The first-order valence-electron chi connectivity index (χ1n) is 8.44. The summed E-state index contributed by atoms with van der Waals surface area (Å²) in [6.45, 7) is 4.04.